The summed E-state index contributed by atoms with van der Waals surface area (Å²) in [5.74, 6) is -0.586. The van der Waals surface area contributed by atoms with E-state index in [1.807, 2.05) is 0 Å². The molecular formula is C8H8ClNO3. The Morgan fingerprint density at radius 2 is 2.23 bits per heavy atom. The smallest absolute Gasteiger partial charge is 0.320 e. The fourth-order valence-electron chi connectivity index (χ4n) is 0.703. The van der Waals surface area contributed by atoms with Crippen LogP contribution < -0.4 is 10.3 Å². The highest BCUT2D eigenvalue weighted by molar-refractivity contribution is 6.32. The normalized spacial score (nSPS) is 9.62. The van der Waals surface area contributed by atoms with Crippen molar-refractivity contribution >= 4 is 17.6 Å². The molecule has 13 heavy (non-hydrogen) atoms. The minimum atomic E-state index is -0.993. The average molecular weight is 202 g/mol. The molecule has 2 N–H and O–H groups in total. The maximum absolute atomic E-state index is 10.1. The van der Waals surface area contributed by atoms with Crippen LogP contribution in [0.15, 0.2) is 24.3 Å². The number of halogens is 1. The van der Waals surface area contributed by atoms with Crippen molar-refractivity contribution < 1.29 is 14.7 Å². The third-order valence-electron chi connectivity index (χ3n) is 1.24. The van der Waals surface area contributed by atoms with Crippen LogP contribution in [0.1, 0.15) is 0 Å². The predicted molar refractivity (Wildman–Crippen MR) is 47.7 cm³/mol. The van der Waals surface area contributed by atoms with Crippen LogP contribution in [0.5, 0.6) is 5.75 Å². The molecule has 70 valence electrons. The number of para-hydroxylation sites is 1. The van der Waals surface area contributed by atoms with Crippen LogP contribution in [0.2, 0.25) is 5.02 Å². The first-order chi connectivity index (χ1) is 6.20. The first-order valence-corrected chi connectivity index (χ1v) is 3.94. The highest BCUT2D eigenvalue weighted by Gasteiger charge is 2.00. The van der Waals surface area contributed by atoms with Crippen LogP contribution in [-0.4, -0.2) is 17.6 Å². The van der Waals surface area contributed by atoms with Crippen molar-refractivity contribution in [3.63, 3.8) is 0 Å². The van der Waals surface area contributed by atoms with Gasteiger partial charge >= 0.3 is 5.97 Å². The molecule has 0 unspecified atom stereocenters. The van der Waals surface area contributed by atoms with Gasteiger partial charge < -0.3 is 9.94 Å². The Bertz CT molecular complexity index is 303. The van der Waals surface area contributed by atoms with Gasteiger partial charge in [0, 0.05) is 0 Å². The first-order valence-electron chi connectivity index (χ1n) is 3.56. The van der Waals surface area contributed by atoms with E-state index in [0.29, 0.717) is 10.8 Å². The fraction of sp³-hybridized carbons (Fsp3) is 0.125. The second-order valence-corrected chi connectivity index (χ2v) is 2.65. The number of hydrogen-bond donors (Lipinski definition) is 2. The van der Waals surface area contributed by atoms with Crippen molar-refractivity contribution in [1.29, 1.82) is 0 Å². The van der Waals surface area contributed by atoms with Gasteiger partial charge in [-0.05, 0) is 12.1 Å². The van der Waals surface area contributed by atoms with Crippen LogP contribution in [0.3, 0.4) is 0 Å². The van der Waals surface area contributed by atoms with Gasteiger partial charge in [0.1, 0.15) is 6.54 Å². The molecule has 0 aromatic heterocycles. The summed E-state index contributed by atoms with van der Waals surface area (Å²) < 4.78 is 0. The first kappa shape index (κ1) is 9.83. The van der Waals surface area contributed by atoms with E-state index in [2.05, 4.69) is 5.48 Å². The van der Waals surface area contributed by atoms with Crippen LogP contribution in [-0.2, 0) is 4.79 Å². The van der Waals surface area contributed by atoms with E-state index in [9.17, 15) is 4.79 Å². The summed E-state index contributed by atoms with van der Waals surface area (Å²) in [5.41, 5.74) is 2.26. The Hall–Kier alpha value is -1.26. The Morgan fingerprint density at radius 3 is 2.85 bits per heavy atom. The van der Waals surface area contributed by atoms with E-state index >= 15 is 0 Å². The van der Waals surface area contributed by atoms with E-state index in [4.69, 9.17) is 21.5 Å². The number of carbonyl (C=O) groups is 1. The topological polar surface area (TPSA) is 58.6 Å². The average Bonchev–Trinajstić information content (AvgIpc) is 2.08. The van der Waals surface area contributed by atoms with Crippen molar-refractivity contribution in [1.82, 2.24) is 5.48 Å². The van der Waals surface area contributed by atoms with E-state index in [1.165, 1.54) is 0 Å². The third-order valence-corrected chi connectivity index (χ3v) is 1.55. The van der Waals surface area contributed by atoms with Crippen LogP contribution >= 0.6 is 11.6 Å². The molecule has 0 atom stereocenters. The lowest BCUT2D eigenvalue weighted by Crippen LogP contribution is -2.25. The van der Waals surface area contributed by atoms with Gasteiger partial charge in [-0.2, -0.15) is 0 Å². The summed E-state index contributed by atoms with van der Waals surface area (Å²) in [5, 5.41) is 8.72. The van der Waals surface area contributed by atoms with Gasteiger partial charge in [0.05, 0.1) is 5.02 Å². The maximum Gasteiger partial charge on any atom is 0.320 e. The number of rotatable bonds is 4. The molecule has 0 aliphatic rings. The summed E-state index contributed by atoms with van der Waals surface area (Å²) in [4.78, 5) is 15.0. The molecular weight excluding hydrogens is 194 g/mol. The summed E-state index contributed by atoms with van der Waals surface area (Å²) in [6.45, 7) is -0.273. The second kappa shape index (κ2) is 4.69. The van der Waals surface area contributed by atoms with Gasteiger partial charge in [-0.3, -0.25) is 4.79 Å². The third kappa shape index (κ3) is 3.31. The molecule has 0 saturated heterocycles. The Kier molecular flexibility index (Phi) is 3.54. The monoisotopic (exact) mass is 201 g/mol. The number of nitrogens with one attached hydrogen (secondary N) is 1. The van der Waals surface area contributed by atoms with E-state index in [-0.39, 0.29) is 6.54 Å². The molecule has 0 heterocycles. The number of benzene rings is 1. The number of aliphatic carboxylic acids is 1. The Morgan fingerprint density at radius 1 is 1.54 bits per heavy atom. The predicted octanol–water partition coefficient (Wildman–Crippen LogP) is 1.31. The Labute approximate surface area is 80.0 Å². The zero-order valence-corrected chi connectivity index (χ0v) is 7.41. The lowest BCUT2D eigenvalue weighted by atomic mass is 10.3. The van der Waals surface area contributed by atoms with Crippen molar-refractivity contribution in [2.24, 2.45) is 0 Å². The molecule has 5 heteroatoms. The zero-order valence-electron chi connectivity index (χ0n) is 6.66. The van der Waals surface area contributed by atoms with Crippen LogP contribution in [0.25, 0.3) is 0 Å². The van der Waals surface area contributed by atoms with E-state index in [1.54, 1.807) is 24.3 Å². The molecule has 0 saturated carbocycles. The lowest BCUT2D eigenvalue weighted by molar-refractivity contribution is -0.137. The van der Waals surface area contributed by atoms with Crippen molar-refractivity contribution in [3.8, 4) is 5.75 Å². The highest BCUT2D eigenvalue weighted by Crippen LogP contribution is 2.21. The summed E-state index contributed by atoms with van der Waals surface area (Å²) in [6, 6.07) is 6.78. The highest BCUT2D eigenvalue weighted by atomic mass is 35.5. The van der Waals surface area contributed by atoms with E-state index < -0.39 is 5.97 Å². The molecule has 0 aliphatic carbocycles. The van der Waals surface area contributed by atoms with Crippen LogP contribution in [0.4, 0.5) is 0 Å². The summed E-state index contributed by atoms with van der Waals surface area (Å²) in [6.07, 6.45) is 0. The van der Waals surface area contributed by atoms with Crippen molar-refractivity contribution in [2.45, 2.75) is 0 Å². The van der Waals surface area contributed by atoms with Gasteiger partial charge in [-0.15, -0.1) is 5.48 Å². The molecule has 1 rings (SSSR count). The molecule has 0 radical (unpaired) electrons. The molecule has 0 bridgehead atoms. The molecule has 0 aliphatic heterocycles. The zero-order chi connectivity index (χ0) is 9.68. The fourth-order valence-corrected chi connectivity index (χ4v) is 0.877. The minimum absolute atomic E-state index is 0.273. The van der Waals surface area contributed by atoms with Gasteiger partial charge in [0.15, 0.2) is 5.75 Å². The largest absolute Gasteiger partial charge is 0.480 e. The molecule has 0 amide bonds. The summed E-state index contributed by atoms with van der Waals surface area (Å²) >= 11 is 5.73. The van der Waals surface area contributed by atoms with E-state index in [0.717, 1.165) is 0 Å². The number of carboxylic acid groups (broad SMARTS) is 1. The molecule has 4 nitrogen and oxygen atoms in total. The minimum Gasteiger partial charge on any atom is -0.480 e. The van der Waals surface area contributed by atoms with Crippen molar-refractivity contribution in [2.75, 3.05) is 6.54 Å². The molecule has 0 fully saturated rings. The van der Waals surface area contributed by atoms with Crippen molar-refractivity contribution in [3.05, 3.63) is 29.3 Å². The Balaban J connectivity index is 2.45. The van der Waals surface area contributed by atoms with Crippen LogP contribution in [0, 0.1) is 0 Å². The molecule has 1 aromatic rings. The molecule has 1 aromatic carbocycles. The number of carboxylic acids is 1. The lowest BCUT2D eigenvalue weighted by Gasteiger charge is -2.05. The van der Waals surface area contributed by atoms with Gasteiger partial charge in [0.25, 0.3) is 0 Å². The molecule has 0 spiro atoms. The van der Waals surface area contributed by atoms with Gasteiger partial charge in [0.2, 0.25) is 0 Å². The maximum atomic E-state index is 10.1. The number of hydrogen-bond acceptors (Lipinski definition) is 3. The summed E-state index contributed by atoms with van der Waals surface area (Å²) in [7, 11) is 0. The standard InChI is InChI=1S/C8H8ClNO3/c9-6-3-1-2-4-7(6)13-10-5-8(11)12/h1-4,10H,5H2,(H,11,12). The second-order valence-electron chi connectivity index (χ2n) is 2.25. The van der Waals surface area contributed by atoms with Gasteiger partial charge in [-0.1, -0.05) is 23.7 Å². The van der Waals surface area contributed by atoms with Gasteiger partial charge in [-0.25, -0.2) is 0 Å². The quantitative estimate of drug-likeness (QED) is 0.722. The number of hydroxylamine groups is 1. The SMILES string of the molecule is O=C(O)CNOc1ccccc1Cl.